The fourth-order valence-electron chi connectivity index (χ4n) is 5.50. The van der Waals surface area contributed by atoms with E-state index in [2.05, 4.69) is 5.32 Å². The molecule has 3 aliphatic rings. The van der Waals surface area contributed by atoms with E-state index in [1.807, 2.05) is 6.07 Å². The van der Waals surface area contributed by atoms with E-state index in [0.29, 0.717) is 11.1 Å². The van der Waals surface area contributed by atoms with E-state index in [4.69, 9.17) is 0 Å². The van der Waals surface area contributed by atoms with Crippen LogP contribution in [0.2, 0.25) is 0 Å². The summed E-state index contributed by atoms with van der Waals surface area (Å²) in [5.74, 6) is 0.0920. The molecule has 1 atom stereocenters. The van der Waals surface area contributed by atoms with E-state index >= 15 is 0 Å². The number of nitrogens with one attached hydrogen (secondary N) is 1. The van der Waals surface area contributed by atoms with Crippen LogP contribution in [0.3, 0.4) is 0 Å². The van der Waals surface area contributed by atoms with Gasteiger partial charge < -0.3 is 0 Å². The fourth-order valence-corrected chi connectivity index (χ4v) is 6.59. The van der Waals surface area contributed by atoms with E-state index in [0.717, 1.165) is 27.9 Å². The minimum Gasteiger partial charge on any atom is -0.295 e. The number of thioether (sulfide) groups is 1. The normalized spacial score (nSPS) is 21.2. The van der Waals surface area contributed by atoms with Crippen LogP contribution in [-0.4, -0.2) is 40.3 Å². The first-order valence-corrected chi connectivity index (χ1v) is 14.0. The number of rotatable bonds is 11. The van der Waals surface area contributed by atoms with Crippen molar-refractivity contribution in [3.63, 3.8) is 0 Å². The monoisotopic (exact) mass is 484 g/mol. The summed E-state index contributed by atoms with van der Waals surface area (Å²) in [7, 11) is 0. The third-order valence-corrected chi connectivity index (χ3v) is 8.56. The molecule has 1 N–H and O–H groups in total. The van der Waals surface area contributed by atoms with Gasteiger partial charge in [0.2, 0.25) is 11.8 Å². The van der Waals surface area contributed by atoms with Crippen LogP contribution in [0.1, 0.15) is 111 Å². The molecule has 2 fully saturated rings. The molecule has 1 aromatic rings. The maximum Gasteiger partial charge on any atom is 0.263 e. The molecule has 0 bridgehead atoms. The quantitative estimate of drug-likeness (QED) is 0.255. The van der Waals surface area contributed by atoms with Crippen LogP contribution in [0.5, 0.6) is 0 Å². The van der Waals surface area contributed by atoms with Crippen LogP contribution in [0.4, 0.5) is 0 Å². The molecule has 0 spiro atoms. The zero-order valence-corrected chi connectivity index (χ0v) is 20.8. The summed E-state index contributed by atoms with van der Waals surface area (Å²) >= 11 is 1.61. The van der Waals surface area contributed by atoms with Crippen LogP contribution in [-0.2, 0) is 9.59 Å². The van der Waals surface area contributed by atoms with Crippen LogP contribution in [0.15, 0.2) is 23.1 Å². The van der Waals surface area contributed by atoms with Gasteiger partial charge in [-0.2, -0.15) is 0 Å². The lowest BCUT2D eigenvalue weighted by Gasteiger charge is -2.27. The molecule has 0 radical (unpaired) electrons. The van der Waals surface area contributed by atoms with E-state index in [9.17, 15) is 19.2 Å². The number of benzene rings is 1. The van der Waals surface area contributed by atoms with Gasteiger partial charge in [0.05, 0.1) is 11.1 Å². The zero-order valence-electron chi connectivity index (χ0n) is 20.0. The van der Waals surface area contributed by atoms with Gasteiger partial charge in [-0.05, 0) is 36.6 Å². The van der Waals surface area contributed by atoms with Crippen molar-refractivity contribution < 1.29 is 19.2 Å². The van der Waals surface area contributed by atoms with E-state index in [1.165, 1.54) is 70.6 Å². The summed E-state index contributed by atoms with van der Waals surface area (Å²) in [6.07, 6.45) is 16.4. The van der Waals surface area contributed by atoms with Gasteiger partial charge >= 0.3 is 0 Å². The standard InChI is InChI=1S/C27H36N2O4S/c30-23-17-16-21(25(31)28-23)29-26(32)20-14-10-15-22(24(20)27(29)33)34-18-9-4-2-1-3-6-11-19-12-7-5-8-13-19/h10,14-15,19,21H,1-9,11-13,16-18H2,(H,28,30,31). The molecule has 1 aliphatic carbocycles. The van der Waals surface area contributed by atoms with Gasteiger partial charge in [0.25, 0.3) is 11.8 Å². The number of piperidine rings is 1. The van der Waals surface area contributed by atoms with Crippen molar-refractivity contribution in [3.8, 4) is 0 Å². The number of fused-ring (bicyclic) bond motifs is 1. The van der Waals surface area contributed by atoms with Gasteiger partial charge in [-0.15, -0.1) is 11.8 Å². The first-order valence-electron chi connectivity index (χ1n) is 13.0. The zero-order chi connectivity index (χ0) is 23.9. The molecule has 1 unspecified atom stereocenters. The van der Waals surface area contributed by atoms with Crippen molar-refractivity contribution >= 4 is 35.4 Å². The molecule has 1 aromatic carbocycles. The number of hydrogen-bond acceptors (Lipinski definition) is 5. The Kier molecular flexibility index (Phi) is 8.81. The molecule has 1 saturated carbocycles. The van der Waals surface area contributed by atoms with Crippen LogP contribution in [0.25, 0.3) is 0 Å². The first kappa shape index (κ1) is 25.0. The Morgan fingerprint density at radius 1 is 0.853 bits per heavy atom. The Labute approximate surface area is 206 Å². The van der Waals surface area contributed by atoms with Crippen LogP contribution >= 0.6 is 11.8 Å². The topological polar surface area (TPSA) is 83.6 Å². The minimum absolute atomic E-state index is 0.131. The molecule has 4 amide bonds. The van der Waals surface area contributed by atoms with Gasteiger partial charge in [-0.3, -0.25) is 29.4 Å². The Bertz CT molecular complexity index is 925. The van der Waals surface area contributed by atoms with Crippen molar-refractivity contribution in [2.24, 2.45) is 5.92 Å². The summed E-state index contributed by atoms with van der Waals surface area (Å²) in [4.78, 5) is 51.6. The van der Waals surface area contributed by atoms with Crippen molar-refractivity contribution in [1.29, 1.82) is 0 Å². The Balaban J connectivity index is 1.20. The lowest BCUT2D eigenvalue weighted by molar-refractivity contribution is -0.136. The summed E-state index contributed by atoms with van der Waals surface area (Å²) in [6.45, 7) is 0. The molecule has 4 rings (SSSR count). The van der Waals surface area contributed by atoms with Gasteiger partial charge in [0, 0.05) is 11.3 Å². The summed E-state index contributed by atoms with van der Waals surface area (Å²) in [5, 5.41) is 2.24. The molecule has 7 heteroatoms. The number of unbranched alkanes of at least 4 members (excludes halogenated alkanes) is 5. The summed E-state index contributed by atoms with van der Waals surface area (Å²) in [6, 6.07) is 4.42. The SMILES string of the molecule is O=C1CCC(N2C(=O)c3cccc(SCCCCCCCCC4CCCCC4)c3C2=O)C(=O)N1. The minimum atomic E-state index is -0.916. The molecule has 2 heterocycles. The lowest BCUT2D eigenvalue weighted by Crippen LogP contribution is -2.54. The number of amides is 4. The fraction of sp³-hybridized carbons (Fsp3) is 0.630. The molecule has 2 aliphatic heterocycles. The van der Waals surface area contributed by atoms with Gasteiger partial charge in [0.1, 0.15) is 6.04 Å². The van der Waals surface area contributed by atoms with Crippen molar-refractivity contribution in [2.75, 3.05) is 5.75 Å². The molecule has 34 heavy (non-hydrogen) atoms. The first-order chi connectivity index (χ1) is 16.6. The smallest absolute Gasteiger partial charge is 0.263 e. The third-order valence-electron chi connectivity index (χ3n) is 7.42. The maximum atomic E-state index is 13.1. The maximum absolute atomic E-state index is 13.1. The highest BCUT2D eigenvalue weighted by atomic mass is 32.2. The highest BCUT2D eigenvalue weighted by molar-refractivity contribution is 7.99. The second-order valence-electron chi connectivity index (χ2n) is 9.89. The number of carbonyl (C=O) groups excluding carboxylic acids is 4. The molecule has 0 aromatic heterocycles. The van der Waals surface area contributed by atoms with Crippen LogP contribution in [0, 0.1) is 5.92 Å². The average molecular weight is 485 g/mol. The number of hydrogen-bond donors (Lipinski definition) is 1. The van der Waals surface area contributed by atoms with Gasteiger partial charge in [0.15, 0.2) is 0 Å². The highest BCUT2D eigenvalue weighted by Gasteiger charge is 2.45. The number of imide groups is 2. The highest BCUT2D eigenvalue weighted by Crippen LogP contribution is 2.35. The second-order valence-corrected chi connectivity index (χ2v) is 11.0. The summed E-state index contributed by atoms with van der Waals surface area (Å²) < 4.78 is 0. The number of nitrogens with zero attached hydrogens (tertiary/aromatic N) is 1. The Morgan fingerprint density at radius 3 is 2.35 bits per heavy atom. The van der Waals surface area contributed by atoms with Crippen molar-refractivity contribution in [2.45, 2.75) is 101 Å². The lowest BCUT2D eigenvalue weighted by atomic mass is 9.85. The van der Waals surface area contributed by atoms with Gasteiger partial charge in [-0.25, -0.2) is 0 Å². The Hall–Kier alpha value is -2.15. The predicted molar refractivity (Wildman–Crippen MR) is 133 cm³/mol. The second kappa shape index (κ2) is 12.0. The third kappa shape index (κ3) is 5.91. The Morgan fingerprint density at radius 2 is 1.59 bits per heavy atom. The predicted octanol–water partition coefficient (Wildman–Crippen LogP) is 5.49. The van der Waals surface area contributed by atoms with E-state index in [1.54, 1.807) is 23.9 Å². The van der Waals surface area contributed by atoms with Crippen LogP contribution < -0.4 is 5.32 Å². The largest absolute Gasteiger partial charge is 0.295 e. The molecular weight excluding hydrogens is 448 g/mol. The van der Waals surface area contributed by atoms with E-state index < -0.39 is 23.8 Å². The molecular formula is C27H36N2O4S. The molecule has 6 nitrogen and oxygen atoms in total. The van der Waals surface area contributed by atoms with Gasteiger partial charge in [-0.1, -0.05) is 76.7 Å². The molecule has 184 valence electrons. The average Bonchev–Trinajstić information content (AvgIpc) is 3.09. The van der Waals surface area contributed by atoms with E-state index in [-0.39, 0.29) is 18.7 Å². The van der Waals surface area contributed by atoms with Crippen molar-refractivity contribution in [3.05, 3.63) is 29.3 Å². The van der Waals surface area contributed by atoms with Crippen molar-refractivity contribution in [1.82, 2.24) is 10.2 Å². The summed E-state index contributed by atoms with van der Waals surface area (Å²) in [5.41, 5.74) is 0.766. The molecule has 1 saturated heterocycles. The number of carbonyl (C=O) groups is 4.